The fraction of sp³-hybridized carbons (Fsp3) is 0.500. The molecule has 0 aliphatic heterocycles. The van der Waals surface area contributed by atoms with Crippen molar-refractivity contribution in [3.8, 4) is 0 Å². The van der Waals surface area contributed by atoms with Gasteiger partial charge in [-0.3, -0.25) is 9.36 Å². The molecule has 1 N–H and O–H groups in total. The smallest absolute Gasteiger partial charge is 0.263 e. The molecule has 0 aromatic carbocycles. The maximum absolute atomic E-state index is 13.1. The van der Waals surface area contributed by atoms with Gasteiger partial charge in [-0.25, -0.2) is 9.97 Å². The van der Waals surface area contributed by atoms with Crippen LogP contribution in [0.5, 0.6) is 0 Å². The number of thiophene rings is 1. The molecule has 0 amide bonds. The number of imidazole rings is 1. The maximum Gasteiger partial charge on any atom is 0.263 e. The first-order chi connectivity index (χ1) is 12.3. The molecule has 0 spiro atoms. The lowest BCUT2D eigenvalue weighted by Gasteiger charge is -2.14. The topological polar surface area (TPSA) is 64.7 Å². The van der Waals surface area contributed by atoms with E-state index in [9.17, 15) is 4.79 Å². The Morgan fingerprint density at radius 1 is 1.28 bits per heavy atom. The fourth-order valence-corrected chi connectivity index (χ4v) is 4.77. The summed E-state index contributed by atoms with van der Waals surface area (Å²) in [7, 11) is 0. The summed E-state index contributed by atoms with van der Waals surface area (Å²) in [5.41, 5.74) is 1.38. The minimum absolute atomic E-state index is 0.122. The number of nitrogens with zero attached hydrogens (tertiary/aromatic N) is 4. The van der Waals surface area contributed by atoms with Gasteiger partial charge in [-0.05, 0) is 37.7 Å². The first-order valence-electron chi connectivity index (χ1n) is 9.02. The van der Waals surface area contributed by atoms with Crippen molar-refractivity contribution in [1.82, 2.24) is 19.1 Å². The Balaban J connectivity index is 1.69. The second-order valence-electron chi connectivity index (χ2n) is 6.51. The highest BCUT2D eigenvalue weighted by molar-refractivity contribution is 7.18. The van der Waals surface area contributed by atoms with Gasteiger partial charge in [-0.15, -0.1) is 11.3 Å². The van der Waals surface area contributed by atoms with E-state index in [0.717, 1.165) is 36.0 Å². The van der Waals surface area contributed by atoms with Gasteiger partial charge in [0.05, 0.1) is 11.7 Å². The molecule has 0 atom stereocenters. The zero-order chi connectivity index (χ0) is 17.2. The van der Waals surface area contributed by atoms with Gasteiger partial charge in [0.2, 0.25) is 5.95 Å². The average Bonchev–Trinajstić information content (AvgIpc) is 3.25. The quantitative estimate of drug-likeness (QED) is 0.736. The average molecular weight is 357 g/mol. The molecule has 0 saturated carbocycles. The van der Waals surface area contributed by atoms with Gasteiger partial charge in [0, 0.05) is 36.9 Å². The Bertz CT molecular complexity index is 925. The SMILES string of the molecule is CCCn1c(NCCn2ccnc2)nc2sc3c(c2c1=O)CCCC3. The van der Waals surface area contributed by atoms with Crippen molar-refractivity contribution in [3.05, 3.63) is 39.5 Å². The van der Waals surface area contributed by atoms with E-state index in [-0.39, 0.29) is 5.56 Å². The van der Waals surface area contributed by atoms with E-state index in [1.807, 2.05) is 15.3 Å². The Morgan fingerprint density at radius 3 is 2.96 bits per heavy atom. The minimum atomic E-state index is 0.122. The van der Waals surface area contributed by atoms with E-state index >= 15 is 0 Å². The van der Waals surface area contributed by atoms with Crippen LogP contribution in [0.3, 0.4) is 0 Å². The van der Waals surface area contributed by atoms with Gasteiger partial charge in [-0.1, -0.05) is 6.92 Å². The lowest BCUT2D eigenvalue weighted by Crippen LogP contribution is -2.26. The van der Waals surface area contributed by atoms with Crippen LogP contribution in [0.4, 0.5) is 5.95 Å². The largest absolute Gasteiger partial charge is 0.354 e. The highest BCUT2D eigenvalue weighted by atomic mass is 32.1. The van der Waals surface area contributed by atoms with E-state index in [1.54, 1.807) is 23.9 Å². The predicted molar refractivity (Wildman–Crippen MR) is 102 cm³/mol. The minimum Gasteiger partial charge on any atom is -0.354 e. The number of hydrogen-bond donors (Lipinski definition) is 1. The summed E-state index contributed by atoms with van der Waals surface area (Å²) in [5, 5.41) is 4.23. The predicted octanol–water partition coefficient (Wildman–Crippen LogP) is 3.06. The summed E-state index contributed by atoms with van der Waals surface area (Å²) in [6.45, 7) is 4.29. The highest BCUT2D eigenvalue weighted by Crippen LogP contribution is 2.34. The van der Waals surface area contributed by atoms with Crippen molar-refractivity contribution in [3.63, 3.8) is 0 Å². The van der Waals surface area contributed by atoms with E-state index in [4.69, 9.17) is 4.98 Å². The number of rotatable bonds is 6. The van der Waals surface area contributed by atoms with Gasteiger partial charge >= 0.3 is 0 Å². The molecule has 0 radical (unpaired) electrons. The van der Waals surface area contributed by atoms with Gasteiger partial charge < -0.3 is 9.88 Å². The van der Waals surface area contributed by atoms with Crippen LogP contribution in [-0.4, -0.2) is 25.6 Å². The molecule has 1 aliphatic carbocycles. The molecule has 3 heterocycles. The first-order valence-corrected chi connectivity index (χ1v) is 9.84. The molecule has 132 valence electrons. The third-order valence-corrected chi connectivity index (χ3v) is 5.92. The van der Waals surface area contributed by atoms with Crippen LogP contribution in [0.2, 0.25) is 0 Å². The summed E-state index contributed by atoms with van der Waals surface area (Å²) in [4.78, 5) is 24.3. The van der Waals surface area contributed by atoms with Crippen LogP contribution >= 0.6 is 11.3 Å². The molecule has 0 unspecified atom stereocenters. The summed E-state index contributed by atoms with van der Waals surface area (Å²) in [6.07, 6.45) is 10.9. The summed E-state index contributed by atoms with van der Waals surface area (Å²) >= 11 is 1.71. The van der Waals surface area contributed by atoms with E-state index in [2.05, 4.69) is 17.2 Å². The Hall–Kier alpha value is -2.15. The van der Waals surface area contributed by atoms with Crippen LogP contribution < -0.4 is 10.9 Å². The van der Waals surface area contributed by atoms with Crippen molar-refractivity contribution >= 4 is 27.5 Å². The number of fused-ring (bicyclic) bond motifs is 3. The molecular weight excluding hydrogens is 334 g/mol. The number of anilines is 1. The van der Waals surface area contributed by atoms with E-state index < -0.39 is 0 Å². The Labute approximate surface area is 150 Å². The molecule has 1 aliphatic rings. The zero-order valence-electron chi connectivity index (χ0n) is 14.5. The number of aryl methyl sites for hydroxylation is 2. The monoisotopic (exact) mass is 357 g/mol. The molecular formula is C18H23N5OS. The van der Waals surface area contributed by atoms with Crippen LogP contribution in [0.15, 0.2) is 23.5 Å². The van der Waals surface area contributed by atoms with Crippen molar-refractivity contribution < 1.29 is 0 Å². The number of aromatic nitrogens is 4. The molecule has 0 bridgehead atoms. The van der Waals surface area contributed by atoms with Crippen molar-refractivity contribution in [2.24, 2.45) is 0 Å². The van der Waals surface area contributed by atoms with Crippen molar-refractivity contribution in [2.45, 2.75) is 52.1 Å². The Morgan fingerprint density at radius 2 is 2.16 bits per heavy atom. The van der Waals surface area contributed by atoms with E-state index in [1.165, 1.54) is 23.3 Å². The van der Waals surface area contributed by atoms with E-state index in [0.29, 0.717) is 19.0 Å². The lowest BCUT2D eigenvalue weighted by molar-refractivity contribution is 0.644. The maximum atomic E-state index is 13.1. The highest BCUT2D eigenvalue weighted by Gasteiger charge is 2.21. The summed E-state index contributed by atoms with van der Waals surface area (Å²) in [6, 6.07) is 0. The summed E-state index contributed by atoms with van der Waals surface area (Å²) < 4.78 is 3.83. The zero-order valence-corrected chi connectivity index (χ0v) is 15.3. The van der Waals surface area contributed by atoms with Gasteiger partial charge in [0.15, 0.2) is 0 Å². The van der Waals surface area contributed by atoms with Crippen molar-refractivity contribution in [2.75, 3.05) is 11.9 Å². The van der Waals surface area contributed by atoms with Crippen LogP contribution in [0.25, 0.3) is 10.2 Å². The normalized spacial score (nSPS) is 14.0. The van der Waals surface area contributed by atoms with Gasteiger partial charge in [0.1, 0.15) is 4.83 Å². The van der Waals surface area contributed by atoms with Gasteiger partial charge in [0.25, 0.3) is 5.56 Å². The number of hydrogen-bond acceptors (Lipinski definition) is 5. The van der Waals surface area contributed by atoms with Crippen LogP contribution in [0, 0.1) is 0 Å². The fourth-order valence-electron chi connectivity index (χ4n) is 3.52. The molecule has 3 aromatic rings. The molecule has 7 heteroatoms. The lowest BCUT2D eigenvalue weighted by atomic mass is 9.97. The van der Waals surface area contributed by atoms with Crippen LogP contribution in [-0.2, 0) is 25.9 Å². The first kappa shape index (κ1) is 16.3. The second-order valence-corrected chi connectivity index (χ2v) is 7.59. The third kappa shape index (κ3) is 3.08. The van der Waals surface area contributed by atoms with Gasteiger partial charge in [-0.2, -0.15) is 0 Å². The van der Waals surface area contributed by atoms with Crippen LogP contribution in [0.1, 0.15) is 36.6 Å². The van der Waals surface area contributed by atoms with Crippen molar-refractivity contribution in [1.29, 1.82) is 0 Å². The Kier molecular flexibility index (Phi) is 4.57. The summed E-state index contributed by atoms with van der Waals surface area (Å²) in [5.74, 6) is 0.693. The molecule has 0 saturated heterocycles. The molecule has 0 fully saturated rings. The molecule has 6 nitrogen and oxygen atoms in total. The molecule has 3 aromatic heterocycles. The third-order valence-electron chi connectivity index (χ3n) is 4.73. The molecule has 25 heavy (non-hydrogen) atoms. The molecule has 4 rings (SSSR count). The second kappa shape index (κ2) is 7.00. The number of nitrogens with one attached hydrogen (secondary N) is 1. The standard InChI is InChI=1S/C18H23N5OS/c1-2-9-23-17(24)15-13-5-3-4-6-14(13)25-16(15)21-18(23)20-8-11-22-10-7-19-12-22/h7,10,12H,2-6,8-9,11H2,1H3,(H,20,21).